The summed E-state index contributed by atoms with van der Waals surface area (Å²) in [6, 6.07) is 55.5. The summed E-state index contributed by atoms with van der Waals surface area (Å²) in [7, 11) is 0. The lowest BCUT2D eigenvalue weighted by Crippen LogP contribution is -2.10. The van der Waals surface area contributed by atoms with Gasteiger partial charge >= 0.3 is 0 Å². The molecule has 3 nitrogen and oxygen atoms in total. The molecule has 10 aromatic rings. The van der Waals surface area contributed by atoms with E-state index in [9.17, 15) is 0 Å². The third-order valence-electron chi connectivity index (χ3n) is 12.1. The molecule has 0 aliphatic heterocycles. The number of nitrogens with zero attached hydrogens (tertiary/aromatic N) is 1. The van der Waals surface area contributed by atoms with Crippen molar-refractivity contribution in [2.45, 2.75) is 12.8 Å². The van der Waals surface area contributed by atoms with Crippen LogP contribution in [0.15, 0.2) is 185 Å². The van der Waals surface area contributed by atoms with Crippen LogP contribution in [0.5, 0.6) is 0 Å². The van der Waals surface area contributed by atoms with E-state index in [0.29, 0.717) is 0 Å². The van der Waals surface area contributed by atoms with Crippen molar-refractivity contribution in [3.05, 3.63) is 199 Å². The van der Waals surface area contributed by atoms with Gasteiger partial charge in [0.05, 0.1) is 0 Å². The minimum absolute atomic E-state index is 0.909. The normalized spacial score (nSPS) is 13.4. The number of rotatable bonds is 5. The second-order valence-corrected chi connectivity index (χ2v) is 15.5. The highest BCUT2D eigenvalue weighted by atomic mass is 16.3. The van der Waals surface area contributed by atoms with E-state index in [-0.39, 0.29) is 0 Å². The molecule has 12 rings (SSSR count). The average molecular weight is 756 g/mol. The van der Waals surface area contributed by atoms with Crippen LogP contribution in [-0.2, 0) is 0 Å². The molecule has 2 aromatic heterocycles. The summed E-state index contributed by atoms with van der Waals surface area (Å²) >= 11 is 0. The van der Waals surface area contributed by atoms with Gasteiger partial charge in [0.1, 0.15) is 22.7 Å². The molecular weight excluding hydrogens is 719 g/mol. The zero-order chi connectivity index (χ0) is 38.9. The monoisotopic (exact) mass is 755 g/mol. The molecule has 0 saturated heterocycles. The maximum Gasteiger partial charge on any atom is 0.135 e. The quantitative estimate of drug-likeness (QED) is 0.164. The number of fused-ring (bicyclic) bond motifs is 12. The molecule has 0 N–H and O–H groups in total. The van der Waals surface area contributed by atoms with Crippen LogP contribution in [0, 0.1) is 0 Å². The molecule has 2 aliphatic carbocycles. The topological polar surface area (TPSA) is 29.5 Å². The molecule has 0 radical (unpaired) electrons. The first-order valence-electron chi connectivity index (χ1n) is 20.4. The van der Waals surface area contributed by atoms with Gasteiger partial charge in [0.2, 0.25) is 0 Å². The second-order valence-electron chi connectivity index (χ2n) is 15.5. The fourth-order valence-electron chi connectivity index (χ4n) is 9.19. The van der Waals surface area contributed by atoms with Crippen LogP contribution in [0.3, 0.4) is 0 Å². The predicted octanol–water partition coefficient (Wildman–Crippen LogP) is 16.3. The molecule has 0 unspecified atom stereocenters. The highest BCUT2D eigenvalue weighted by Crippen LogP contribution is 2.43. The van der Waals surface area contributed by atoms with E-state index in [4.69, 9.17) is 8.83 Å². The Morgan fingerprint density at radius 1 is 0.322 bits per heavy atom. The molecular formula is C56H37NO2. The molecule has 278 valence electrons. The largest absolute Gasteiger partial charge is 0.456 e. The third kappa shape index (κ3) is 5.58. The molecule has 0 amide bonds. The molecule has 0 spiro atoms. The molecule has 3 heteroatoms. The zero-order valence-corrected chi connectivity index (χ0v) is 32.2. The molecule has 59 heavy (non-hydrogen) atoms. The van der Waals surface area contributed by atoms with Crippen molar-refractivity contribution >= 4 is 95.6 Å². The fraction of sp³-hybridized carbons (Fsp3) is 0.0357. The van der Waals surface area contributed by atoms with Crippen LogP contribution in [0.1, 0.15) is 35.5 Å². The van der Waals surface area contributed by atoms with E-state index in [0.717, 1.165) is 96.7 Å². The standard InChI is InChI=1S/C56H37NO2/c1-3-15-48-51-33-38(23-31-55(51)58-53(48)17-5-1)36-19-25-40(26-20-36)57(42-29-30-47-45-13-8-7-11-43(45)44-12-9-10-14-46(44)50(47)35-42)41-27-21-37(22-28-41)39-24-32-56-52(34-39)49-16-4-2-6-18-54(49)59-56/h3-35H,1-2H2. The van der Waals surface area contributed by atoms with Gasteiger partial charge in [-0.15, -0.1) is 0 Å². The maximum atomic E-state index is 6.22. The van der Waals surface area contributed by atoms with Gasteiger partial charge in [0.25, 0.3) is 0 Å². The average Bonchev–Trinajstić information content (AvgIpc) is 3.58. The Kier molecular flexibility index (Phi) is 7.67. The molecule has 0 atom stereocenters. The predicted molar refractivity (Wildman–Crippen MR) is 249 cm³/mol. The number of allylic oxidation sites excluding steroid dienone is 4. The van der Waals surface area contributed by atoms with Gasteiger partial charge in [-0.2, -0.15) is 0 Å². The van der Waals surface area contributed by atoms with Crippen molar-refractivity contribution < 1.29 is 8.83 Å². The molecule has 0 saturated carbocycles. The molecule has 8 aromatic carbocycles. The summed E-state index contributed by atoms with van der Waals surface area (Å²) in [5.41, 5.74) is 12.0. The van der Waals surface area contributed by atoms with Gasteiger partial charge in [-0.1, -0.05) is 127 Å². The Morgan fingerprint density at radius 2 is 0.729 bits per heavy atom. The first kappa shape index (κ1) is 33.5. The Morgan fingerprint density at radius 3 is 1.22 bits per heavy atom. The van der Waals surface area contributed by atoms with Crippen molar-refractivity contribution in [1.82, 2.24) is 0 Å². The van der Waals surface area contributed by atoms with Gasteiger partial charge in [-0.3, -0.25) is 0 Å². The van der Waals surface area contributed by atoms with Gasteiger partial charge in [0.15, 0.2) is 0 Å². The second kappa shape index (κ2) is 13.5. The fourth-order valence-corrected chi connectivity index (χ4v) is 9.19. The summed E-state index contributed by atoms with van der Waals surface area (Å²) in [4.78, 5) is 2.38. The van der Waals surface area contributed by atoms with Gasteiger partial charge in [-0.05, 0) is 140 Å². The lowest BCUT2D eigenvalue weighted by molar-refractivity contribution is 0.603. The molecule has 2 heterocycles. The van der Waals surface area contributed by atoms with Crippen LogP contribution in [0.2, 0.25) is 0 Å². The van der Waals surface area contributed by atoms with Crippen LogP contribution >= 0.6 is 0 Å². The van der Waals surface area contributed by atoms with Gasteiger partial charge in [0, 0.05) is 39.0 Å². The first-order valence-corrected chi connectivity index (χ1v) is 20.4. The Labute approximate surface area is 341 Å². The van der Waals surface area contributed by atoms with Crippen molar-refractivity contribution in [3.63, 3.8) is 0 Å². The summed E-state index contributed by atoms with van der Waals surface area (Å²) in [6.07, 6.45) is 19.0. The van der Waals surface area contributed by atoms with Crippen molar-refractivity contribution in [3.8, 4) is 22.3 Å². The number of hydrogen-bond acceptors (Lipinski definition) is 3. The summed E-state index contributed by atoms with van der Waals surface area (Å²) in [5, 5.41) is 9.83. The number of benzene rings is 8. The van der Waals surface area contributed by atoms with E-state index in [2.05, 4.69) is 205 Å². The molecule has 0 bridgehead atoms. The Hall–Kier alpha value is -7.62. The minimum atomic E-state index is 0.909. The summed E-state index contributed by atoms with van der Waals surface area (Å²) < 4.78 is 12.4. The van der Waals surface area contributed by atoms with E-state index in [1.807, 2.05) is 0 Å². The van der Waals surface area contributed by atoms with E-state index >= 15 is 0 Å². The summed E-state index contributed by atoms with van der Waals surface area (Å²) in [6.45, 7) is 0. The lowest BCUT2D eigenvalue weighted by Gasteiger charge is -2.26. The van der Waals surface area contributed by atoms with Crippen LogP contribution < -0.4 is 4.90 Å². The van der Waals surface area contributed by atoms with Crippen molar-refractivity contribution in [2.24, 2.45) is 0 Å². The molecule has 0 fully saturated rings. The Bertz CT molecular complexity index is 3240. The van der Waals surface area contributed by atoms with Crippen LogP contribution in [-0.4, -0.2) is 0 Å². The SMILES string of the molecule is C1=Cc2oc3ccc(-c4ccc(N(c5ccc(-c6ccc7oc8c(c7c6)C=CCC=C8)cc5)c5ccc6c7ccccc7c7ccccc7c6c5)cc4)cc3c2C=CC1. The smallest absolute Gasteiger partial charge is 0.135 e. The van der Waals surface area contributed by atoms with Crippen molar-refractivity contribution in [2.75, 3.05) is 4.90 Å². The number of hydrogen-bond donors (Lipinski definition) is 0. The Balaban J connectivity index is 0.981. The third-order valence-corrected chi connectivity index (χ3v) is 12.1. The van der Waals surface area contributed by atoms with Gasteiger partial charge in [-0.25, -0.2) is 0 Å². The molecule has 2 aliphatic rings. The zero-order valence-electron chi connectivity index (χ0n) is 32.2. The van der Waals surface area contributed by atoms with Gasteiger partial charge < -0.3 is 13.7 Å². The van der Waals surface area contributed by atoms with E-state index < -0.39 is 0 Å². The van der Waals surface area contributed by atoms with Crippen molar-refractivity contribution in [1.29, 1.82) is 0 Å². The van der Waals surface area contributed by atoms with Crippen LogP contribution in [0.4, 0.5) is 17.1 Å². The first-order chi connectivity index (χ1) is 29.2. The lowest BCUT2D eigenvalue weighted by atomic mass is 9.94. The highest BCUT2D eigenvalue weighted by Gasteiger charge is 2.18. The highest BCUT2D eigenvalue weighted by molar-refractivity contribution is 6.25. The minimum Gasteiger partial charge on any atom is -0.456 e. The van der Waals surface area contributed by atoms with Crippen LogP contribution in [0.25, 0.3) is 101 Å². The number of furan rings is 2. The maximum absolute atomic E-state index is 6.22. The van der Waals surface area contributed by atoms with E-state index in [1.54, 1.807) is 0 Å². The van der Waals surface area contributed by atoms with E-state index in [1.165, 1.54) is 32.3 Å². The number of anilines is 3. The summed E-state index contributed by atoms with van der Waals surface area (Å²) in [5.74, 6) is 1.84.